The fourth-order valence-electron chi connectivity index (χ4n) is 3.47. The molecule has 1 fully saturated rings. The molecule has 2 aromatic heterocycles. The number of fused-ring (bicyclic) bond motifs is 1. The molecule has 0 unspecified atom stereocenters. The minimum absolute atomic E-state index is 0.265. The third-order valence-electron chi connectivity index (χ3n) is 4.91. The largest absolute Gasteiger partial charge is 0.389 e. The lowest BCUT2D eigenvalue weighted by atomic mass is 10.1. The number of hydrogen-bond donors (Lipinski definition) is 2. The first-order chi connectivity index (χ1) is 14.9. The van der Waals surface area contributed by atoms with Gasteiger partial charge in [-0.3, -0.25) is 9.63 Å². The molecule has 10 heteroatoms. The maximum atomic E-state index is 10.3. The number of aromatic nitrogens is 4. The van der Waals surface area contributed by atoms with Crippen molar-refractivity contribution in [1.29, 1.82) is 0 Å². The van der Waals surface area contributed by atoms with Crippen LogP contribution in [0.2, 0.25) is 0 Å². The number of carbonyl (C=O) groups is 1. The van der Waals surface area contributed by atoms with Crippen molar-refractivity contribution < 1.29 is 19.5 Å². The van der Waals surface area contributed by atoms with Crippen molar-refractivity contribution in [2.75, 3.05) is 31.2 Å². The first-order valence-electron chi connectivity index (χ1n) is 10.1. The lowest BCUT2D eigenvalue weighted by Gasteiger charge is -2.27. The lowest BCUT2D eigenvalue weighted by molar-refractivity contribution is -0.121. The van der Waals surface area contributed by atoms with Crippen LogP contribution >= 0.6 is 0 Å². The van der Waals surface area contributed by atoms with Gasteiger partial charge in [0.2, 0.25) is 12.4 Å². The van der Waals surface area contributed by atoms with Crippen molar-refractivity contribution in [2.24, 2.45) is 0 Å². The van der Waals surface area contributed by atoms with Gasteiger partial charge in [-0.25, -0.2) is 15.1 Å². The van der Waals surface area contributed by atoms with E-state index < -0.39 is 5.60 Å². The summed E-state index contributed by atoms with van der Waals surface area (Å²) in [5, 5.41) is 15.6. The standard InChI is InChI=1S/C21H26N6O4/c1-21(2,29)13-27-19-17(11-22-27)18(24-20(25-19)26-7-9-30-10-8-26)16-5-3-15(4-6-16)12-31-23-14-28/h3-6,11,14,29H,7-10,12-13H2,1-2H3,(H,23,28). The maximum absolute atomic E-state index is 10.3. The molecule has 1 aromatic carbocycles. The Kier molecular flexibility index (Phi) is 6.12. The summed E-state index contributed by atoms with van der Waals surface area (Å²) in [6, 6.07) is 7.76. The van der Waals surface area contributed by atoms with E-state index in [-0.39, 0.29) is 6.61 Å². The summed E-state index contributed by atoms with van der Waals surface area (Å²) in [4.78, 5) is 27.1. The summed E-state index contributed by atoms with van der Waals surface area (Å²) < 4.78 is 7.19. The first kappa shape index (κ1) is 21.2. The van der Waals surface area contributed by atoms with Crippen LogP contribution in [0.3, 0.4) is 0 Å². The molecule has 0 spiro atoms. The van der Waals surface area contributed by atoms with Gasteiger partial charge in [0.1, 0.15) is 0 Å². The van der Waals surface area contributed by atoms with Gasteiger partial charge in [-0.2, -0.15) is 10.1 Å². The van der Waals surface area contributed by atoms with E-state index in [1.807, 2.05) is 24.3 Å². The van der Waals surface area contributed by atoms with E-state index in [2.05, 4.69) is 15.5 Å². The van der Waals surface area contributed by atoms with E-state index in [4.69, 9.17) is 19.5 Å². The molecule has 31 heavy (non-hydrogen) atoms. The number of carbonyl (C=O) groups excluding carboxylic acids is 1. The molecule has 3 heterocycles. The number of hydrogen-bond acceptors (Lipinski definition) is 8. The number of ether oxygens (including phenoxy) is 1. The van der Waals surface area contributed by atoms with E-state index >= 15 is 0 Å². The second-order valence-electron chi connectivity index (χ2n) is 8.04. The van der Waals surface area contributed by atoms with Crippen LogP contribution in [0.15, 0.2) is 30.5 Å². The van der Waals surface area contributed by atoms with Gasteiger partial charge < -0.3 is 14.7 Å². The number of nitrogens with zero attached hydrogens (tertiary/aromatic N) is 5. The molecule has 1 aliphatic rings. The van der Waals surface area contributed by atoms with Gasteiger partial charge in [-0.05, 0) is 19.4 Å². The quantitative estimate of drug-likeness (QED) is 0.315. The maximum Gasteiger partial charge on any atom is 0.230 e. The summed E-state index contributed by atoms with van der Waals surface area (Å²) in [6.07, 6.45) is 2.23. The van der Waals surface area contributed by atoms with E-state index in [0.717, 1.165) is 22.2 Å². The van der Waals surface area contributed by atoms with Crippen LogP contribution in [0.1, 0.15) is 19.4 Å². The molecule has 1 saturated heterocycles. The molecule has 2 N–H and O–H groups in total. The van der Waals surface area contributed by atoms with E-state index in [9.17, 15) is 9.90 Å². The number of anilines is 1. The van der Waals surface area contributed by atoms with Gasteiger partial charge in [0.25, 0.3) is 0 Å². The predicted molar refractivity (Wildman–Crippen MR) is 114 cm³/mol. The molecule has 3 aromatic rings. The lowest BCUT2D eigenvalue weighted by Crippen LogP contribution is -2.37. The van der Waals surface area contributed by atoms with E-state index in [0.29, 0.717) is 50.9 Å². The Hall–Kier alpha value is -3.08. The Morgan fingerprint density at radius 3 is 2.65 bits per heavy atom. The average molecular weight is 426 g/mol. The normalized spacial score (nSPS) is 14.7. The highest BCUT2D eigenvalue weighted by Gasteiger charge is 2.22. The molecule has 1 aliphatic heterocycles. The third-order valence-corrected chi connectivity index (χ3v) is 4.91. The SMILES string of the molecule is CC(C)(O)Cn1ncc2c(-c3ccc(CONC=O)cc3)nc(N3CCOCC3)nc21. The molecule has 0 aliphatic carbocycles. The monoisotopic (exact) mass is 426 g/mol. The Labute approximate surface area is 179 Å². The van der Waals surface area contributed by atoms with Crippen LogP contribution in [0.5, 0.6) is 0 Å². The number of benzene rings is 1. The molecule has 0 saturated carbocycles. The number of amides is 1. The van der Waals surface area contributed by atoms with Crippen molar-refractivity contribution in [3.05, 3.63) is 36.0 Å². The molecule has 1 amide bonds. The second-order valence-corrected chi connectivity index (χ2v) is 8.04. The van der Waals surface area contributed by atoms with Crippen molar-refractivity contribution in [3.8, 4) is 11.3 Å². The van der Waals surface area contributed by atoms with E-state index in [1.54, 1.807) is 24.7 Å². The van der Waals surface area contributed by atoms with Crippen molar-refractivity contribution >= 4 is 23.4 Å². The van der Waals surface area contributed by atoms with E-state index in [1.165, 1.54) is 0 Å². The zero-order valence-electron chi connectivity index (χ0n) is 17.6. The highest BCUT2D eigenvalue weighted by Crippen LogP contribution is 2.29. The fourth-order valence-corrected chi connectivity index (χ4v) is 3.47. The van der Waals surface area contributed by atoms with Crippen LogP contribution in [0, 0.1) is 0 Å². The molecule has 0 atom stereocenters. The topological polar surface area (TPSA) is 115 Å². The molecular weight excluding hydrogens is 400 g/mol. The summed E-state index contributed by atoms with van der Waals surface area (Å²) >= 11 is 0. The molecular formula is C21H26N6O4. The van der Waals surface area contributed by atoms with Crippen LogP contribution in [0.25, 0.3) is 22.3 Å². The minimum atomic E-state index is -0.930. The highest BCUT2D eigenvalue weighted by molar-refractivity contribution is 5.91. The highest BCUT2D eigenvalue weighted by atomic mass is 16.6. The number of aliphatic hydroxyl groups is 1. The van der Waals surface area contributed by atoms with Gasteiger partial charge in [0.05, 0.1) is 49.2 Å². The van der Waals surface area contributed by atoms with Crippen LogP contribution in [-0.2, 0) is 27.5 Å². The predicted octanol–water partition coefficient (Wildman–Crippen LogP) is 1.28. The number of morpholine rings is 1. The van der Waals surface area contributed by atoms with Gasteiger partial charge in [-0.15, -0.1) is 0 Å². The fraction of sp³-hybridized carbons (Fsp3) is 0.429. The molecule has 0 bridgehead atoms. The first-order valence-corrected chi connectivity index (χ1v) is 10.1. The number of hydroxylamine groups is 1. The van der Waals surface area contributed by atoms with Gasteiger partial charge >= 0.3 is 0 Å². The molecule has 164 valence electrons. The Morgan fingerprint density at radius 1 is 1.23 bits per heavy atom. The summed E-state index contributed by atoms with van der Waals surface area (Å²) in [5.41, 5.74) is 4.53. The Bertz CT molecular complexity index is 1040. The number of rotatable bonds is 8. The smallest absolute Gasteiger partial charge is 0.230 e. The van der Waals surface area contributed by atoms with Crippen molar-refractivity contribution in [2.45, 2.75) is 32.6 Å². The van der Waals surface area contributed by atoms with Crippen molar-refractivity contribution in [3.63, 3.8) is 0 Å². The number of nitrogens with one attached hydrogen (secondary N) is 1. The van der Waals surface area contributed by atoms with Crippen molar-refractivity contribution in [1.82, 2.24) is 25.2 Å². The molecule has 4 rings (SSSR count). The van der Waals surface area contributed by atoms with Crippen LogP contribution in [-0.4, -0.2) is 63.2 Å². The van der Waals surface area contributed by atoms with Gasteiger partial charge in [0.15, 0.2) is 5.65 Å². The van der Waals surface area contributed by atoms with Gasteiger partial charge in [-0.1, -0.05) is 24.3 Å². The Morgan fingerprint density at radius 2 is 1.97 bits per heavy atom. The second kappa shape index (κ2) is 8.96. The summed E-state index contributed by atoms with van der Waals surface area (Å²) in [5.74, 6) is 0.617. The Balaban J connectivity index is 1.74. The third kappa shape index (κ3) is 4.98. The average Bonchev–Trinajstić information content (AvgIpc) is 3.15. The molecule has 0 radical (unpaired) electrons. The van der Waals surface area contributed by atoms with Crippen LogP contribution < -0.4 is 10.4 Å². The summed E-state index contributed by atoms with van der Waals surface area (Å²) in [7, 11) is 0. The zero-order chi connectivity index (χ0) is 21.8. The molecule has 10 nitrogen and oxygen atoms in total. The van der Waals surface area contributed by atoms with Gasteiger partial charge in [0, 0.05) is 18.7 Å². The minimum Gasteiger partial charge on any atom is -0.389 e. The summed E-state index contributed by atoms with van der Waals surface area (Å²) in [6.45, 7) is 6.75. The van der Waals surface area contributed by atoms with Crippen LogP contribution in [0.4, 0.5) is 5.95 Å². The zero-order valence-corrected chi connectivity index (χ0v) is 17.6.